The van der Waals surface area contributed by atoms with Crippen LogP contribution in [0.3, 0.4) is 0 Å². The lowest BCUT2D eigenvalue weighted by Crippen LogP contribution is -2.30. The van der Waals surface area contributed by atoms with Crippen molar-refractivity contribution in [3.05, 3.63) is 16.0 Å². The molecule has 64 valence electrons. The van der Waals surface area contributed by atoms with E-state index in [1.165, 1.54) is 3.96 Å². The van der Waals surface area contributed by atoms with Gasteiger partial charge in [-0.1, -0.05) is 0 Å². The molecule has 0 N–H and O–H groups in total. The second-order valence-electron chi connectivity index (χ2n) is 3.40. The molecular formula is C7H9N3OS. The van der Waals surface area contributed by atoms with Gasteiger partial charge in [-0.15, -0.1) is 0 Å². The van der Waals surface area contributed by atoms with Crippen LogP contribution in [0.15, 0.2) is 4.79 Å². The molecule has 1 heterocycles. The van der Waals surface area contributed by atoms with Gasteiger partial charge in [-0.25, -0.2) is 3.96 Å². The van der Waals surface area contributed by atoms with Crippen LogP contribution in [0.2, 0.25) is 0 Å². The summed E-state index contributed by atoms with van der Waals surface area (Å²) in [7, 11) is 0. The number of nitrogens with zero attached hydrogens (tertiary/aromatic N) is 3. The van der Waals surface area contributed by atoms with Gasteiger partial charge < -0.3 is 0 Å². The normalized spacial score (nSPS) is 11.2. The molecule has 0 fully saturated rings. The molecule has 1 aromatic heterocycles. The van der Waals surface area contributed by atoms with Crippen LogP contribution in [0.5, 0.6) is 0 Å². The molecule has 0 saturated heterocycles. The summed E-state index contributed by atoms with van der Waals surface area (Å²) in [6.45, 7) is 5.69. The van der Waals surface area contributed by atoms with Crippen LogP contribution >= 0.6 is 11.7 Å². The summed E-state index contributed by atoms with van der Waals surface area (Å²) in [5, 5.41) is 8.48. The van der Waals surface area contributed by atoms with Crippen molar-refractivity contribution < 1.29 is 0 Å². The van der Waals surface area contributed by atoms with Gasteiger partial charge in [0.05, 0.1) is 17.3 Å². The third-order valence-corrected chi connectivity index (χ3v) is 2.46. The van der Waals surface area contributed by atoms with Crippen molar-refractivity contribution in [1.82, 2.24) is 8.33 Å². The summed E-state index contributed by atoms with van der Waals surface area (Å²) < 4.78 is 5.22. The third-order valence-electron chi connectivity index (χ3n) is 1.32. The molecule has 0 radical (unpaired) electrons. The van der Waals surface area contributed by atoms with Crippen molar-refractivity contribution in [2.75, 3.05) is 0 Å². The number of aromatic nitrogens is 2. The van der Waals surface area contributed by atoms with Crippen LogP contribution in [0, 0.1) is 11.3 Å². The summed E-state index contributed by atoms with van der Waals surface area (Å²) in [4.78, 5) is 11.3. The Morgan fingerprint density at radius 1 is 1.58 bits per heavy atom. The zero-order valence-corrected chi connectivity index (χ0v) is 7.97. The maximum Gasteiger partial charge on any atom is 0.299 e. The van der Waals surface area contributed by atoms with Gasteiger partial charge in [-0.2, -0.15) is 9.64 Å². The Morgan fingerprint density at radius 3 is 2.42 bits per heavy atom. The predicted octanol–water partition coefficient (Wildman–Crippen LogP) is 0.931. The molecule has 0 unspecified atom stereocenters. The Balaban J connectivity index is 3.33. The fourth-order valence-electron chi connectivity index (χ4n) is 0.749. The molecule has 0 aromatic carbocycles. The molecule has 5 heteroatoms. The summed E-state index contributed by atoms with van der Waals surface area (Å²) >= 11 is 1.04. The topological polar surface area (TPSA) is 58.7 Å². The van der Waals surface area contributed by atoms with Gasteiger partial charge in [0.25, 0.3) is 5.56 Å². The first-order valence-corrected chi connectivity index (χ1v) is 4.19. The maximum atomic E-state index is 11.3. The van der Waals surface area contributed by atoms with E-state index in [1.54, 1.807) is 6.07 Å². The highest BCUT2D eigenvalue weighted by Gasteiger charge is 2.19. The van der Waals surface area contributed by atoms with Crippen molar-refractivity contribution in [2.24, 2.45) is 0 Å². The minimum absolute atomic E-state index is 0.0186. The lowest BCUT2D eigenvalue weighted by molar-refractivity contribution is 0.419. The third kappa shape index (κ3) is 1.38. The van der Waals surface area contributed by atoms with Gasteiger partial charge >= 0.3 is 0 Å². The fourth-order valence-corrected chi connectivity index (χ4v) is 1.44. The molecule has 0 atom stereocenters. The number of hydrogen-bond donors (Lipinski definition) is 0. The van der Waals surface area contributed by atoms with Crippen LogP contribution in [0.4, 0.5) is 0 Å². The van der Waals surface area contributed by atoms with E-state index in [0.717, 1.165) is 11.7 Å². The average molecular weight is 183 g/mol. The molecule has 4 nitrogen and oxygen atoms in total. The summed E-state index contributed by atoms with van der Waals surface area (Å²) in [5.41, 5.74) is -0.603. The highest BCUT2D eigenvalue weighted by molar-refractivity contribution is 6.99. The van der Waals surface area contributed by atoms with E-state index in [9.17, 15) is 4.79 Å². The first-order valence-electron chi connectivity index (χ1n) is 3.46. The van der Waals surface area contributed by atoms with Crippen LogP contribution in [-0.4, -0.2) is 8.33 Å². The van der Waals surface area contributed by atoms with E-state index in [2.05, 4.69) is 4.37 Å². The van der Waals surface area contributed by atoms with Crippen molar-refractivity contribution in [3.8, 4) is 6.07 Å². The molecule has 0 saturated carbocycles. The van der Waals surface area contributed by atoms with E-state index >= 15 is 0 Å². The van der Waals surface area contributed by atoms with Crippen molar-refractivity contribution in [2.45, 2.75) is 26.3 Å². The summed E-state index contributed by atoms with van der Waals surface area (Å²) in [5.74, 6) is 0. The quantitative estimate of drug-likeness (QED) is 0.601. The molecule has 0 spiro atoms. The average Bonchev–Trinajstić information content (AvgIpc) is 2.29. The van der Waals surface area contributed by atoms with Crippen LogP contribution < -0.4 is 5.56 Å². The summed E-state index contributed by atoms with van der Waals surface area (Å²) in [6.07, 6.45) is 0. The second-order valence-corrected chi connectivity index (χ2v) is 4.11. The van der Waals surface area contributed by atoms with Crippen LogP contribution in [0.25, 0.3) is 0 Å². The molecule has 0 amide bonds. The van der Waals surface area contributed by atoms with E-state index in [1.807, 2.05) is 20.8 Å². The van der Waals surface area contributed by atoms with Crippen molar-refractivity contribution in [3.63, 3.8) is 0 Å². The number of rotatable bonds is 0. The Kier molecular flexibility index (Phi) is 2.02. The highest BCUT2D eigenvalue weighted by Crippen LogP contribution is 2.12. The first-order chi connectivity index (χ1) is 5.46. The van der Waals surface area contributed by atoms with Gasteiger partial charge in [-0.05, 0) is 20.8 Å². The Hall–Kier alpha value is -1.15. The van der Waals surface area contributed by atoms with Gasteiger partial charge in [0, 0.05) is 0 Å². The highest BCUT2D eigenvalue weighted by atomic mass is 32.1. The monoisotopic (exact) mass is 183 g/mol. The fraction of sp³-hybridized carbons (Fsp3) is 0.571. The smallest absolute Gasteiger partial charge is 0.265 e. The van der Waals surface area contributed by atoms with Crippen LogP contribution in [0.1, 0.15) is 26.5 Å². The zero-order chi connectivity index (χ0) is 9.35. The predicted molar refractivity (Wildman–Crippen MR) is 46.1 cm³/mol. The molecule has 0 aliphatic rings. The van der Waals surface area contributed by atoms with Crippen molar-refractivity contribution >= 4 is 11.7 Å². The first kappa shape index (κ1) is 8.94. The molecule has 1 rings (SSSR count). The minimum atomic E-state index is -0.296. The van der Waals surface area contributed by atoms with Gasteiger partial charge in [0.1, 0.15) is 6.07 Å². The molecule has 0 aliphatic heterocycles. The Labute approximate surface area is 74.4 Å². The Morgan fingerprint density at radius 2 is 2.17 bits per heavy atom. The van der Waals surface area contributed by atoms with E-state index in [-0.39, 0.29) is 16.8 Å². The molecule has 1 aromatic rings. The Bertz CT molecular complexity index is 377. The minimum Gasteiger partial charge on any atom is -0.265 e. The molecule has 0 bridgehead atoms. The molecule has 0 aliphatic carbocycles. The lowest BCUT2D eigenvalue weighted by Gasteiger charge is -2.16. The van der Waals surface area contributed by atoms with E-state index in [4.69, 9.17) is 5.26 Å². The zero-order valence-electron chi connectivity index (χ0n) is 7.16. The second kappa shape index (κ2) is 2.72. The SMILES string of the molecule is CC(C)(C)n1snc(C#N)c1=O. The number of hydrogen-bond acceptors (Lipinski definition) is 4. The van der Waals surface area contributed by atoms with Gasteiger partial charge in [0.15, 0.2) is 0 Å². The number of nitriles is 1. The van der Waals surface area contributed by atoms with Gasteiger partial charge in [0.2, 0.25) is 5.69 Å². The lowest BCUT2D eigenvalue weighted by atomic mass is 10.1. The standard InChI is InChI=1S/C7H9N3OS/c1-7(2,3)10-6(11)5(4-8)9-12-10/h1-3H3. The maximum absolute atomic E-state index is 11.3. The van der Waals surface area contributed by atoms with Crippen LogP contribution in [-0.2, 0) is 5.54 Å². The van der Waals surface area contributed by atoms with Gasteiger partial charge in [-0.3, -0.25) is 4.79 Å². The largest absolute Gasteiger partial charge is 0.299 e. The van der Waals surface area contributed by atoms with E-state index in [0.29, 0.717) is 0 Å². The van der Waals surface area contributed by atoms with E-state index < -0.39 is 0 Å². The molecule has 12 heavy (non-hydrogen) atoms. The molecular weight excluding hydrogens is 174 g/mol. The van der Waals surface area contributed by atoms with Crippen molar-refractivity contribution in [1.29, 1.82) is 5.26 Å². The summed E-state index contributed by atoms with van der Waals surface area (Å²) in [6, 6.07) is 1.75.